The standard InChI is InChI=1S/C17H27NO2/c1-12(14-7-5-6-8-14)18-13(2)16-11-15(19-3)9-10-17(16)20-4/h9-14,18H,5-8H2,1-4H3/t12-,13?/m1/s1. The zero-order valence-corrected chi connectivity index (χ0v) is 13.1. The van der Waals surface area contributed by atoms with Gasteiger partial charge < -0.3 is 14.8 Å². The number of nitrogens with one attached hydrogen (secondary N) is 1. The van der Waals surface area contributed by atoms with Crippen LogP contribution in [0.25, 0.3) is 0 Å². The summed E-state index contributed by atoms with van der Waals surface area (Å²) in [7, 11) is 3.42. The summed E-state index contributed by atoms with van der Waals surface area (Å²) in [5.41, 5.74) is 1.16. The average molecular weight is 277 g/mol. The highest BCUT2D eigenvalue weighted by Gasteiger charge is 2.23. The van der Waals surface area contributed by atoms with Gasteiger partial charge in [0.2, 0.25) is 0 Å². The zero-order chi connectivity index (χ0) is 14.5. The van der Waals surface area contributed by atoms with E-state index in [4.69, 9.17) is 9.47 Å². The predicted molar refractivity (Wildman–Crippen MR) is 82.5 cm³/mol. The SMILES string of the molecule is COc1ccc(OC)c(C(C)N[C@H](C)C2CCCC2)c1. The van der Waals surface area contributed by atoms with Crippen LogP contribution in [0.5, 0.6) is 11.5 Å². The first-order valence-electron chi connectivity index (χ1n) is 7.63. The molecule has 1 N–H and O–H groups in total. The van der Waals surface area contributed by atoms with E-state index in [0.29, 0.717) is 6.04 Å². The van der Waals surface area contributed by atoms with Crippen molar-refractivity contribution in [3.05, 3.63) is 23.8 Å². The second-order valence-electron chi connectivity index (χ2n) is 5.83. The number of methoxy groups -OCH3 is 2. The molecule has 1 unspecified atom stereocenters. The van der Waals surface area contributed by atoms with Gasteiger partial charge in [0.15, 0.2) is 0 Å². The van der Waals surface area contributed by atoms with E-state index < -0.39 is 0 Å². The van der Waals surface area contributed by atoms with Crippen LogP contribution in [-0.4, -0.2) is 20.3 Å². The molecule has 0 spiro atoms. The summed E-state index contributed by atoms with van der Waals surface area (Å²) < 4.78 is 10.8. The third-order valence-electron chi connectivity index (χ3n) is 4.52. The Bertz CT molecular complexity index is 427. The van der Waals surface area contributed by atoms with Crippen LogP contribution in [0.1, 0.15) is 51.1 Å². The molecule has 3 heteroatoms. The van der Waals surface area contributed by atoms with Gasteiger partial charge in [0.05, 0.1) is 14.2 Å². The molecule has 1 aliphatic carbocycles. The van der Waals surface area contributed by atoms with E-state index in [1.165, 1.54) is 25.7 Å². The largest absolute Gasteiger partial charge is 0.497 e. The number of rotatable bonds is 6. The number of hydrogen-bond donors (Lipinski definition) is 1. The summed E-state index contributed by atoms with van der Waals surface area (Å²) in [6, 6.07) is 6.79. The van der Waals surface area contributed by atoms with Crippen molar-refractivity contribution < 1.29 is 9.47 Å². The topological polar surface area (TPSA) is 30.5 Å². The fraction of sp³-hybridized carbons (Fsp3) is 0.647. The summed E-state index contributed by atoms with van der Waals surface area (Å²) in [5.74, 6) is 2.61. The van der Waals surface area contributed by atoms with Crippen LogP contribution in [-0.2, 0) is 0 Å². The van der Waals surface area contributed by atoms with Gasteiger partial charge in [0, 0.05) is 17.6 Å². The normalized spacial score (nSPS) is 18.8. The first-order chi connectivity index (χ1) is 9.65. The lowest BCUT2D eigenvalue weighted by Gasteiger charge is -2.26. The molecule has 2 atom stereocenters. The summed E-state index contributed by atoms with van der Waals surface area (Å²) in [6.07, 6.45) is 5.48. The van der Waals surface area contributed by atoms with Crippen molar-refractivity contribution in [1.29, 1.82) is 0 Å². The number of benzene rings is 1. The van der Waals surface area contributed by atoms with Gasteiger partial charge in [-0.05, 0) is 50.8 Å². The van der Waals surface area contributed by atoms with E-state index >= 15 is 0 Å². The van der Waals surface area contributed by atoms with Crippen LogP contribution in [0.2, 0.25) is 0 Å². The fourth-order valence-electron chi connectivity index (χ4n) is 3.26. The van der Waals surface area contributed by atoms with Gasteiger partial charge in [-0.25, -0.2) is 0 Å². The molecule has 0 amide bonds. The van der Waals surface area contributed by atoms with E-state index in [1.54, 1.807) is 14.2 Å². The van der Waals surface area contributed by atoms with Gasteiger partial charge in [0.25, 0.3) is 0 Å². The molecule has 1 aromatic carbocycles. The Hall–Kier alpha value is -1.22. The maximum Gasteiger partial charge on any atom is 0.123 e. The highest BCUT2D eigenvalue weighted by molar-refractivity contribution is 5.42. The van der Waals surface area contributed by atoms with Gasteiger partial charge in [-0.3, -0.25) is 0 Å². The summed E-state index contributed by atoms with van der Waals surface area (Å²) in [5, 5.41) is 3.73. The Morgan fingerprint density at radius 1 is 1.10 bits per heavy atom. The molecular formula is C17H27NO2. The van der Waals surface area contributed by atoms with Gasteiger partial charge >= 0.3 is 0 Å². The molecule has 1 fully saturated rings. The summed E-state index contributed by atoms with van der Waals surface area (Å²) in [4.78, 5) is 0. The van der Waals surface area contributed by atoms with Crippen molar-refractivity contribution in [3.8, 4) is 11.5 Å². The van der Waals surface area contributed by atoms with Crippen LogP contribution in [0.4, 0.5) is 0 Å². The van der Waals surface area contributed by atoms with Crippen LogP contribution >= 0.6 is 0 Å². The quantitative estimate of drug-likeness (QED) is 0.854. The van der Waals surface area contributed by atoms with Gasteiger partial charge in [-0.2, -0.15) is 0 Å². The van der Waals surface area contributed by atoms with Crippen molar-refractivity contribution in [3.63, 3.8) is 0 Å². The lowest BCUT2D eigenvalue weighted by Crippen LogP contribution is -2.34. The minimum Gasteiger partial charge on any atom is -0.497 e. The zero-order valence-electron chi connectivity index (χ0n) is 13.1. The van der Waals surface area contributed by atoms with Crippen LogP contribution in [0, 0.1) is 5.92 Å². The monoisotopic (exact) mass is 277 g/mol. The highest BCUT2D eigenvalue weighted by atomic mass is 16.5. The van der Waals surface area contributed by atoms with Crippen molar-refractivity contribution >= 4 is 0 Å². The van der Waals surface area contributed by atoms with Crippen LogP contribution in [0.3, 0.4) is 0 Å². The Morgan fingerprint density at radius 2 is 1.80 bits per heavy atom. The number of ether oxygens (including phenoxy) is 2. The van der Waals surface area contributed by atoms with Crippen LogP contribution in [0.15, 0.2) is 18.2 Å². The molecule has 3 nitrogen and oxygen atoms in total. The second kappa shape index (κ2) is 6.98. The molecule has 20 heavy (non-hydrogen) atoms. The van der Waals surface area contributed by atoms with E-state index in [-0.39, 0.29) is 6.04 Å². The van der Waals surface area contributed by atoms with E-state index in [0.717, 1.165) is 23.0 Å². The Morgan fingerprint density at radius 3 is 2.40 bits per heavy atom. The molecule has 0 radical (unpaired) electrons. The van der Waals surface area contributed by atoms with Crippen molar-refractivity contribution in [1.82, 2.24) is 5.32 Å². The van der Waals surface area contributed by atoms with Crippen molar-refractivity contribution in [2.45, 2.75) is 51.6 Å². The molecule has 112 valence electrons. The van der Waals surface area contributed by atoms with E-state index in [1.807, 2.05) is 12.1 Å². The maximum absolute atomic E-state index is 5.48. The molecular weight excluding hydrogens is 250 g/mol. The third-order valence-corrected chi connectivity index (χ3v) is 4.52. The third kappa shape index (κ3) is 3.45. The molecule has 1 saturated carbocycles. The van der Waals surface area contributed by atoms with Crippen molar-refractivity contribution in [2.24, 2.45) is 5.92 Å². The van der Waals surface area contributed by atoms with Gasteiger partial charge in [-0.15, -0.1) is 0 Å². The lowest BCUT2D eigenvalue weighted by atomic mass is 9.97. The molecule has 0 aromatic heterocycles. The minimum absolute atomic E-state index is 0.260. The second-order valence-corrected chi connectivity index (χ2v) is 5.83. The molecule has 1 aliphatic rings. The summed E-state index contributed by atoms with van der Waals surface area (Å²) >= 11 is 0. The molecule has 0 bridgehead atoms. The minimum atomic E-state index is 0.260. The van der Waals surface area contributed by atoms with E-state index in [2.05, 4.69) is 25.2 Å². The Balaban J connectivity index is 2.08. The first-order valence-corrected chi connectivity index (χ1v) is 7.63. The molecule has 1 aromatic rings. The fourth-order valence-corrected chi connectivity index (χ4v) is 3.26. The first kappa shape index (κ1) is 15.2. The number of hydrogen-bond acceptors (Lipinski definition) is 3. The molecule has 0 aliphatic heterocycles. The smallest absolute Gasteiger partial charge is 0.123 e. The van der Waals surface area contributed by atoms with Crippen molar-refractivity contribution in [2.75, 3.05) is 14.2 Å². The molecule has 2 rings (SSSR count). The highest BCUT2D eigenvalue weighted by Crippen LogP contribution is 2.32. The summed E-state index contributed by atoms with van der Waals surface area (Å²) in [6.45, 7) is 4.50. The van der Waals surface area contributed by atoms with Gasteiger partial charge in [-0.1, -0.05) is 12.8 Å². The maximum atomic E-state index is 5.48. The van der Waals surface area contributed by atoms with Crippen LogP contribution < -0.4 is 14.8 Å². The Labute approximate surface area is 122 Å². The predicted octanol–water partition coefficient (Wildman–Crippen LogP) is 3.93. The lowest BCUT2D eigenvalue weighted by molar-refractivity contribution is 0.342. The molecule has 0 heterocycles. The van der Waals surface area contributed by atoms with Gasteiger partial charge in [0.1, 0.15) is 11.5 Å². The Kier molecular flexibility index (Phi) is 5.30. The molecule has 0 saturated heterocycles. The van der Waals surface area contributed by atoms with E-state index in [9.17, 15) is 0 Å². The average Bonchev–Trinajstić information content (AvgIpc) is 3.00.